The molecule has 0 atom stereocenters. The molecule has 2 amide bonds. The normalized spacial score (nSPS) is 10.2. The predicted molar refractivity (Wildman–Crippen MR) is 73.0 cm³/mol. The van der Waals surface area contributed by atoms with Crippen LogP contribution in [0.1, 0.15) is 15.9 Å². The maximum Gasteiger partial charge on any atom is 0.257 e. The van der Waals surface area contributed by atoms with E-state index in [0.717, 1.165) is 0 Å². The van der Waals surface area contributed by atoms with E-state index in [1.807, 2.05) is 0 Å². The molecule has 110 valence electrons. The summed E-state index contributed by atoms with van der Waals surface area (Å²) in [6, 6.07) is 4.60. The molecule has 0 radical (unpaired) electrons. The molecule has 20 heavy (non-hydrogen) atoms. The van der Waals surface area contributed by atoms with Gasteiger partial charge in [0.15, 0.2) is 0 Å². The maximum absolute atomic E-state index is 13.8. The van der Waals surface area contributed by atoms with E-state index in [4.69, 9.17) is 4.74 Å². The number of nitrogens with one attached hydrogen (secondary N) is 1. The zero-order chi connectivity index (χ0) is 15.1. The molecular formula is C14H19FN2O3. The number of halogens is 1. The molecule has 0 spiro atoms. The van der Waals surface area contributed by atoms with Crippen LogP contribution < -0.4 is 5.32 Å². The van der Waals surface area contributed by atoms with Gasteiger partial charge < -0.3 is 15.0 Å². The van der Waals surface area contributed by atoms with Crippen molar-refractivity contribution in [2.75, 3.05) is 33.9 Å². The second-order valence-electron chi connectivity index (χ2n) is 4.44. The molecule has 0 saturated heterocycles. The minimum atomic E-state index is -0.552. The van der Waals surface area contributed by atoms with Gasteiger partial charge in [-0.3, -0.25) is 9.59 Å². The first kappa shape index (κ1) is 16.1. The van der Waals surface area contributed by atoms with Gasteiger partial charge in [-0.25, -0.2) is 4.39 Å². The summed E-state index contributed by atoms with van der Waals surface area (Å²) < 4.78 is 18.6. The van der Waals surface area contributed by atoms with Gasteiger partial charge in [-0.1, -0.05) is 12.1 Å². The van der Waals surface area contributed by atoms with Crippen LogP contribution in [0.3, 0.4) is 0 Å². The molecule has 0 aromatic heterocycles. The lowest BCUT2D eigenvalue weighted by atomic mass is 10.1. The van der Waals surface area contributed by atoms with Crippen LogP contribution in [0.4, 0.5) is 4.39 Å². The van der Waals surface area contributed by atoms with E-state index in [1.165, 1.54) is 25.1 Å². The number of rotatable bonds is 6. The smallest absolute Gasteiger partial charge is 0.257 e. The first-order valence-corrected chi connectivity index (χ1v) is 6.23. The summed E-state index contributed by atoms with van der Waals surface area (Å²) >= 11 is 0. The fraction of sp³-hybridized carbons (Fsp3) is 0.429. The summed E-state index contributed by atoms with van der Waals surface area (Å²) in [6.07, 6.45) is 0. The molecule has 1 aromatic rings. The average molecular weight is 282 g/mol. The molecule has 0 heterocycles. The van der Waals surface area contributed by atoms with Crippen molar-refractivity contribution in [2.45, 2.75) is 6.92 Å². The van der Waals surface area contributed by atoms with Crippen molar-refractivity contribution in [1.29, 1.82) is 0 Å². The van der Waals surface area contributed by atoms with Gasteiger partial charge in [-0.2, -0.15) is 0 Å². The zero-order valence-corrected chi connectivity index (χ0v) is 11.9. The van der Waals surface area contributed by atoms with Gasteiger partial charge in [-0.05, 0) is 18.6 Å². The number of likely N-dealkylation sites (N-methyl/N-ethyl adjacent to an activating group) is 1. The summed E-state index contributed by atoms with van der Waals surface area (Å²) in [4.78, 5) is 24.8. The molecular weight excluding hydrogens is 263 g/mol. The summed E-state index contributed by atoms with van der Waals surface area (Å²) in [5.41, 5.74) is 0.367. The molecule has 1 rings (SSSR count). The fourth-order valence-corrected chi connectivity index (χ4v) is 1.65. The van der Waals surface area contributed by atoms with E-state index in [0.29, 0.717) is 18.7 Å². The molecule has 1 aromatic carbocycles. The molecule has 0 fully saturated rings. The van der Waals surface area contributed by atoms with Crippen molar-refractivity contribution in [1.82, 2.24) is 10.2 Å². The Hall–Kier alpha value is -1.95. The Kier molecular flexibility index (Phi) is 6.11. The summed E-state index contributed by atoms with van der Waals surface area (Å²) in [7, 11) is 2.99. The third-order valence-electron chi connectivity index (χ3n) is 2.78. The van der Waals surface area contributed by atoms with Crippen LogP contribution in [0, 0.1) is 12.7 Å². The number of carbonyl (C=O) groups excluding carboxylic acids is 2. The number of hydrogen-bond donors (Lipinski definition) is 1. The Morgan fingerprint density at radius 3 is 2.75 bits per heavy atom. The van der Waals surface area contributed by atoms with Crippen LogP contribution in [0.15, 0.2) is 18.2 Å². The minimum absolute atomic E-state index is 0.0304. The molecule has 5 nitrogen and oxygen atoms in total. The summed E-state index contributed by atoms with van der Waals surface area (Å²) in [6.45, 7) is 2.23. The fourth-order valence-electron chi connectivity index (χ4n) is 1.65. The molecule has 0 saturated carbocycles. The number of ether oxygens (including phenoxy) is 1. The first-order chi connectivity index (χ1) is 9.47. The van der Waals surface area contributed by atoms with Crippen LogP contribution in [0.25, 0.3) is 0 Å². The van der Waals surface area contributed by atoms with Crippen molar-refractivity contribution in [3.8, 4) is 0 Å². The number of aryl methyl sites for hydroxylation is 1. The first-order valence-electron chi connectivity index (χ1n) is 6.23. The van der Waals surface area contributed by atoms with Crippen LogP contribution >= 0.6 is 0 Å². The number of benzene rings is 1. The molecule has 0 aliphatic rings. The third-order valence-corrected chi connectivity index (χ3v) is 2.78. The number of carbonyl (C=O) groups is 2. The van der Waals surface area contributed by atoms with Gasteiger partial charge in [0.25, 0.3) is 5.91 Å². The minimum Gasteiger partial charge on any atom is -0.383 e. The molecule has 6 heteroatoms. The van der Waals surface area contributed by atoms with Crippen molar-refractivity contribution in [3.63, 3.8) is 0 Å². The lowest BCUT2D eigenvalue weighted by Gasteiger charge is -2.17. The highest BCUT2D eigenvalue weighted by Crippen LogP contribution is 2.13. The summed E-state index contributed by atoms with van der Waals surface area (Å²) in [5, 5.41) is 2.60. The third kappa shape index (κ3) is 4.31. The van der Waals surface area contributed by atoms with E-state index in [9.17, 15) is 14.0 Å². The van der Waals surface area contributed by atoms with Crippen molar-refractivity contribution >= 4 is 11.8 Å². The Bertz CT molecular complexity index is 491. The molecule has 0 aliphatic carbocycles. The van der Waals surface area contributed by atoms with E-state index in [1.54, 1.807) is 19.1 Å². The number of hydrogen-bond acceptors (Lipinski definition) is 3. The van der Waals surface area contributed by atoms with E-state index in [-0.39, 0.29) is 18.0 Å². The lowest BCUT2D eigenvalue weighted by Crippen LogP contribution is -2.39. The van der Waals surface area contributed by atoms with Gasteiger partial charge in [0, 0.05) is 20.7 Å². The SMILES string of the molecule is COCCNC(=O)CN(C)C(=O)c1cccc(C)c1F. The molecule has 0 aliphatic heterocycles. The van der Waals surface area contributed by atoms with E-state index >= 15 is 0 Å². The van der Waals surface area contributed by atoms with Crippen LogP contribution in [0.2, 0.25) is 0 Å². The quantitative estimate of drug-likeness (QED) is 0.791. The number of nitrogens with zero attached hydrogens (tertiary/aromatic N) is 1. The maximum atomic E-state index is 13.8. The highest BCUT2D eigenvalue weighted by molar-refractivity contribution is 5.96. The lowest BCUT2D eigenvalue weighted by molar-refractivity contribution is -0.121. The van der Waals surface area contributed by atoms with Gasteiger partial charge in [0.1, 0.15) is 5.82 Å². The highest BCUT2D eigenvalue weighted by atomic mass is 19.1. The topological polar surface area (TPSA) is 58.6 Å². The average Bonchev–Trinajstić information content (AvgIpc) is 2.41. The second-order valence-corrected chi connectivity index (χ2v) is 4.44. The summed E-state index contributed by atoms with van der Waals surface area (Å²) in [5.74, 6) is -1.39. The van der Waals surface area contributed by atoms with Gasteiger partial charge >= 0.3 is 0 Å². The molecule has 1 N–H and O–H groups in total. The zero-order valence-electron chi connectivity index (χ0n) is 11.9. The standard InChI is InChI=1S/C14H19FN2O3/c1-10-5-4-6-11(13(10)15)14(19)17(2)9-12(18)16-7-8-20-3/h4-6H,7-9H2,1-3H3,(H,16,18). The van der Waals surface area contributed by atoms with Crippen molar-refractivity contribution < 1.29 is 18.7 Å². The molecule has 0 unspecified atom stereocenters. The van der Waals surface area contributed by atoms with Crippen molar-refractivity contribution in [2.24, 2.45) is 0 Å². The Morgan fingerprint density at radius 2 is 2.10 bits per heavy atom. The van der Waals surface area contributed by atoms with Crippen molar-refractivity contribution in [3.05, 3.63) is 35.1 Å². The van der Waals surface area contributed by atoms with E-state index in [2.05, 4.69) is 5.32 Å². The van der Waals surface area contributed by atoms with Gasteiger partial charge in [0.05, 0.1) is 18.7 Å². The highest BCUT2D eigenvalue weighted by Gasteiger charge is 2.18. The Labute approximate surface area is 117 Å². The predicted octanol–water partition coefficient (Wildman–Crippen LogP) is 0.969. The number of amides is 2. The van der Waals surface area contributed by atoms with Crippen LogP contribution in [-0.4, -0.2) is 50.6 Å². The van der Waals surface area contributed by atoms with Crippen LogP contribution in [-0.2, 0) is 9.53 Å². The largest absolute Gasteiger partial charge is 0.383 e. The Morgan fingerprint density at radius 1 is 1.40 bits per heavy atom. The van der Waals surface area contributed by atoms with Gasteiger partial charge in [0.2, 0.25) is 5.91 Å². The Balaban J connectivity index is 2.63. The van der Waals surface area contributed by atoms with Crippen LogP contribution in [0.5, 0.6) is 0 Å². The monoisotopic (exact) mass is 282 g/mol. The van der Waals surface area contributed by atoms with E-state index < -0.39 is 11.7 Å². The number of methoxy groups -OCH3 is 1. The van der Waals surface area contributed by atoms with Gasteiger partial charge in [-0.15, -0.1) is 0 Å². The second kappa shape index (κ2) is 7.59. The molecule has 0 bridgehead atoms.